The normalized spacial score (nSPS) is 13.9. The highest BCUT2D eigenvalue weighted by Gasteiger charge is 2.44. The van der Waals surface area contributed by atoms with E-state index in [0.717, 1.165) is 40.0 Å². The first-order chi connectivity index (χ1) is 17.3. The van der Waals surface area contributed by atoms with Crippen LogP contribution in [0.3, 0.4) is 0 Å². The molecule has 0 atom stereocenters. The van der Waals surface area contributed by atoms with Crippen molar-refractivity contribution in [2.24, 2.45) is 0 Å². The number of nitrogens with two attached hydrogens (primary N) is 2. The summed E-state index contributed by atoms with van der Waals surface area (Å²) in [4.78, 5) is 0. The summed E-state index contributed by atoms with van der Waals surface area (Å²) in [5.74, 6) is 0. The van der Waals surface area contributed by atoms with E-state index in [1.54, 1.807) is 0 Å². The Kier molecular flexibility index (Phi) is 4.98. The predicted molar refractivity (Wildman–Crippen MR) is 153 cm³/mol. The van der Waals surface area contributed by atoms with Crippen molar-refractivity contribution in [1.29, 1.82) is 0 Å². The zero-order chi connectivity index (χ0) is 25.2. The highest BCUT2D eigenvalue weighted by molar-refractivity contribution is 5.86. The summed E-state index contributed by atoms with van der Waals surface area (Å²) in [6.45, 7) is 8.48. The molecule has 0 unspecified atom stereocenters. The quantitative estimate of drug-likeness (QED) is 0.258. The number of nitrogen functional groups attached to an aromatic ring is 2. The predicted octanol–water partition coefficient (Wildman–Crippen LogP) is 7.52. The molecule has 0 heterocycles. The van der Waals surface area contributed by atoms with Crippen LogP contribution in [0.4, 0.5) is 11.4 Å². The fraction of sp³-hybridized carbons (Fsp3) is 0.176. The first-order valence-electron chi connectivity index (χ1n) is 12.7. The van der Waals surface area contributed by atoms with Crippen molar-refractivity contribution in [3.63, 3.8) is 0 Å². The van der Waals surface area contributed by atoms with Crippen LogP contribution in [0.15, 0.2) is 84.9 Å². The van der Waals surface area contributed by atoms with Gasteiger partial charge >= 0.3 is 0 Å². The van der Waals surface area contributed by atoms with Crippen molar-refractivity contribution in [3.8, 4) is 0 Å². The molecule has 2 nitrogen and oxygen atoms in total. The van der Waals surface area contributed by atoms with Crippen molar-refractivity contribution in [2.45, 2.75) is 39.5 Å². The lowest BCUT2D eigenvalue weighted by atomic mass is 9.59. The third kappa shape index (κ3) is 3.10. The molecule has 0 aromatic heterocycles. The molecule has 2 heteroatoms. The molecule has 0 saturated heterocycles. The van der Waals surface area contributed by atoms with E-state index >= 15 is 0 Å². The molecule has 5 aromatic rings. The van der Waals surface area contributed by atoms with Crippen molar-refractivity contribution in [3.05, 3.63) is 141 Å². The highest BCUT2D eigenvalue weighted by atomic mass is 14.6. The Morgan fingerprint density at radius 3 is 1.56 bits per heavy atom. The molecular weight excluding hydrogens is 436 g/mol. The average Bonchev–Trinajstić information content (AvgIpc) is 2.87. The third-order valence-corrected chi connectivity index (χ3v) is 8.23. The Bertz CT molecular complexity index is 1570. The summed E-state index contributed by atoms with van der Waals surface area (Å²) >= 11 is 0. The molecule has 4 N–H and O–H groups in total. The number of aryl methyl sites for hydroxylation is 4. The fourth-order valence-corrected chi connectivity index (χ4v) is 6.34. The molecule has 0 radical (unpaired) electrons. The Morgan fingerprint density at radius 2 is 1.00 bits per heavy atom. The molecule has 0 fully saturated rings. The SMILES string of the molecule is Cc1cc(C2(c3cc(C)c(N)c(C)c3)c3ccccc3Cc3cc4ccccc4cc32)cc(C)c1N. The molecule has 1 aliphatic carbocycles. The van der Waals surface area contributed by atoms with Crippen LogP contribution in [0.1, 0.15) is 55.6 Å². The van der Waals surface area contributed by atoms with Gasteiger partial charge < -0.3 is 11.5 Å². The number of rotatable bonds is 2. The van der Waals surface area contributed by atoms with E-state index in [-0.39, 0.29) is 0 Å². The van der Waals surface area contributed by atoms with Gasteiger partial charge in [0, 0.05) is 11.4 Å². The average molecular weight is 469 g/mol. The third-order valence-electron chi connectivity index (χ3n) is 8.23. The van der Waals surface area contributed by atoms with Gasteiger partial charge in [0.25, 0.3) is 0 Å². The van der Waals surface area contributed by atoms with Gasteiger partial charge in [-0.05, 0) is 107 Å². The topological polar surface area (TPSA) is 52.0 Å². The fourth-order valence-electron chi connectivity index (χ4n) is 6.34. The van der Waals surface area contributed by atoms with E-state index in [1.165, 1.54) is 44.2 Å². The van der Waals surface area contributed by atoms with Crippen LogP contribution >= 0.6 is 0 Å². The summed E-state index contributed by atoms with van der Waals surface area (Å²) in [6.07, 6.45) is 0.915. The van der Waals surface area contributed by atoms with Gasteiger partial charge in [0.05, 0.1) is 5.41 Å². The van der Waals surface area contributed by atoms with Crippen molar-refractivity contribution in [1.82, 2.24) is 0 Å². The van der Waals surface area contributed by atoms with E-state index in [4.69, 9.17) is 11.5 Å². The Morgan fingerprint density at radius 1 is 0.528 bits per heavy atom. The lowest BCUT2D eigenvalue weighted by molar-refractivity contribution is 0.702. The lowest BCUT2D eigenvalue weighted by Crippen LogP contribution is -2.36. The summed E-state index contributed by atoms with van der Waals surface area (Å²) in [7, 11) is 0. The molecule has 36 heavy (non-hydrogen) atoms. The second-order valence-electron chi connectivity index (χ2n) is 10.5. The maximum atomic E-state index is 6.48. The van der Waals surface area contributed by atoms with Gasteiger partial charge in [-0.25, -0.2) is 0 Å². The zero-order valence-electron chi connectivity index (χ0n) is 21.4. The number of anilines is 2. The molecule has 6 rings (SSSR count). The molecule has 5 aromatic carbocycles. The number of hydrogen-bond acceptors (Lipinski definition) is 2. The summed E-state index contributed by atoms with van der Waals surface area (Å²) < 4.78 is 0. The maximum absolute atomic E-state index is 6.48. The highest BCUT2D eigenvalue weighted by Crippen LogP contribution is 2.52. The van der Waals surface area contributed by atoms with E-state index in [0.29, 0.717) is 0 Å². The standard InChI is InChI=1S/C34H32N2/c1-20-13-28(14-21(2)32(20)35)34(29-15-22(3)33(36)23(4)16-29)30-12-8-7-11-26(30)18-27-17-24-9-5-6-10-25(24)19-31(27)34/h5-17,19H,18,35-36H2,1-4H3. The van der Waals surface area contributed by atoms with Gasteiger partial charge in [-0.1, -0.05) is 78.9 Å². The van der Waals surface area contributed by atoms with E-state index < -0.39 is 5.41 Å². The number of hydrogen-bond donors (Lipinski definition) is 2. The lowest BCUT2D eigenvalue weighted by Gasteiger charge is -2.43. The molecule has 0 saturated carbocycles. The van der Waals surface area contributed by atoms with Gasteiger partial charge in [0.15, 0.2) is 0 Å². The van der Waals surface area contributed by atoms with Crippen LogP contribution < -0.4 is 11.5 Å². The Labute approximate surface area is 213 Å². The van der Waals surface area contributed by atoms with Gasteiger partial charge in [-0.15, -0.1) is 0 Å². The van der Waals surface area contributed by atoms with Gasteiger partial charge in [0.2, 0.25) is 0 Å². The van der Waals surface area contributed by atoms with Crippen LogP contribution in [0.5, 0.6) is 0 Å². The summed E-state index contributed by atoms with van der Waals surface area (Å²) in [6, 6.07) is 31.6. The molecule has 0 amide bonds. The van der Waals surface area contributed by atoms with Gasteiger partial charge in [-0.2, -0.15) is 0 Å². The molecule has 178 valence electrons. The van der Waals surface area contributed by atoms with Crippen LogP contribution in [0.2, 0.25) is 0 Å². The van der Waals surface area contributed by atoms with Crippen molar-refractivity contribution >= 4 is 22.1 Å². The molecular formula is C34H32N2. The first-order valence-corrected chi connectivity index (χ1v) is 12.7. The monoisotopic (exact) mass is 468 g/mol. The smallest absolute Gasteiger partial charge is 0.0707 e. The van der Waals surface area contributed by atoms with Gasteiger partial charge in [-0.3, -0.25) is 0 Å². The van der Waals surface area contributed by atoms with E-state index in [1.807, 2.05) is 0 Å². The summed E-state index contributed by atoms with van der Waals surface area (Å²) in [5.41, 5.74) is 26.5. The van der Waals surface area contributed by atoms with E-state index in [9.17, 15) is 0 Å². The molecule has 1 aliphatic rings. The largest absolute Gasteiger partial charge is 0.398 e. The molecule has 0 spiro atoms. The molecule has 0 bridgehead atoms. The van der Waals surface area contributed by atoms with Crippen LogP contribution in [0.25, 0.3) is 10.8 Å². The minimum absolute atomic E-state index is 0.485. The summed E-state index contributed by atoms with van der Waals surface area (Å²) in [5, 5.41) is 2.53. The maximum Gasteiger partial charge on any atom is 0.0707 e. The Balaban J connectivity index is 1.85. The van der Waals surface area contributed by atoms with Gasteiger partial charge in [0.1, 0.15) is 0 Å². The first kappa shape index (κ1) is 22.4. The second-order valence-corrected chi connectivity index (χ2v) is 10.5. The minimum atomic E-state index is -0.485. The number of fused-ring (bicyclic) bond motifs is 3. The zero-order valence-corrected chi connectivity index (χ0v) is 21.4. The van der Waals surface area contributed by atoms with Crippen LogP contribution in [-0.4, -0.2) is 0 Å². The van der Waals surface area contributed by atoms with Crippen LogP contribution in [0, 0.1) is 27.7 Å². The van der Waals surface area contributed by atoms with E-state index in [2.05, 4.69) is 113 Å². The van der Waals surface area contributed by atoms with Crippen molar-refractivity contribution < 1.29 is 0 Å². The minimum Gasteiger partial charge on any atom is -0.398 e. The van der Waals surface area contributed by atoms with Crippen molar-refractivity contribution in [2.75, 3.05) is 11.5 Å². The Hall–Kier alpha value is -4.04. The second kappa shape index (κ2) is 7.99. The molecule has 0 aliphatic heterocycles. The van der Waals surface area contributed by atoms with Crippen LogP contribution in [-0.2, 0) is 11.8 Å². The number of benzene rings is 5.